The number of benzene rings is 7. The zero-order valence-corrected chi connectivity index (χ0v) is 31.4. The number of hydrogen-bond acceptors (Lipinski definition) is 8. The van der Waals surface area contributed by atoms with Crippen molar-refractivity contribution in [2.45, 2.75) is 0 Å². The Labute approximate surface area is 321 Å². The molecule has 0 unspecified atom stereocenters. The number of fused-ring (bicyclic) bond motifs is 10. The molecule has 0 N–H and O–H groups in total. The largest absolute Gasteiger partial charge is 0.493 e. The van der Waals surface area contributed by atoms with Gasteiger partial charge in [-0.2, -0.15) is 0 Å². The van der Waals surface area contributed by atoms with E-state index in [9.17, 15) is 9.59 Å². The van der Waals surface area contributed by atoms with Gasteiger partial charge in [0.05, 0.1) is 61.3 Å². The van der Waals surface area contributed by atoms with E-state index in [-0.39, 0.29) is 21.2 Å². The maximum absolute atomic E-state index is 14.5. The molecule has 14 heteroatoms. The molecular weight excluding hydrogens is 774 g/mol. The number of methoxy groups -OCH3 is 4. The van der Waals surface area contributed by atoms with Crippen molar-refractivity contribution in [2.24, 2.45) is 0 Å². The molecule has 0 saturated heterocycles. The fourth-order valence-electron chi connectivity index (χ4n) is 8.63. The van der Waals surface area contributed by atoms with Gasteiger partial charge in [-0.05, 0) is 24.3 Å². The van der Waals surface area contributed by atoms with Crippen molar-refractivity contribution in [2.75, 3.05) is 28.4 Å². The quantitative estimate of drug-likeness (QED) is 0.128. The minimum Gasteiger partial charge on any atom is -0.493 e. The molecule has 0 amide bonds. The van der Waals surface area contributed by atoms with Crippen molar-refractivity contribution < 1.29 is 18.9 Å². The molecule has 0 radical (unpaired) electrons. The van der Waals surface area contributed by atoms with Crippen LogP contribution < -0.4 is 30.1 Å². The van der Waals surface area contributed by atoms with Crippen LogP contribution in [-0.4, -0.2) is 47.2 Å². The van der Waals surface area contributed by atoms with Crippen molar-refractivity contribution >= 4 is 144 Å². The third-order valence-corrected chi connectivity index (χ3v) is 12.0. The highest BCUT2D eigenvalue weighted by atomic mass is 35.5. The zero-order valence-electron chi connectivity index (χ0n) is 28.4. The lowest BCUT2D eigenvalue weighted by Crippen LogP contribution is -2.14. The Balaban J connectivity index is 1.38. The van der Waals surface area contributed by atoms with Gasteiger partial charge in [0.2, 0.25) is 0 Å². The zero-order chi connectivity index (χ0) is 37.2. The van der Waals surface area contributed by atoms with Crippen molar-refractivity contribution in [3.8, 4) is 23.0 Å². The number of nitrogens with zero attached hydrogens (tertiary/aromatic N) is 4. The molecule has 10 nitrogen and oxygen atoms in total. The van der Waals surface area contributed by atoms with E-state index < -0.39 is 0 Å². The average Bonchev–Trinajstić information content (AvgIpc) is 3.74. The number of rotatable bonds is 4. The van der Waals surface area contributed by atoms with Crippen LogP contribution in [0.25, 0.3) is 98.0 Å². The van der Waals surface area contributed by atoms with E-state index in [1.54, 1.807) is 48.5 Å². The first-order valence-corrected chi connectivity index (χ1v) is 18.0. The Morgan fingerprint density at radius 2 is 0.741 bits per heavy atom. The summed E-state index contributed by atoms with van der Waals surface area (Å²) in [5.41, 5.74) is 2.23. The molecule has 0 saturated carbocycles. The lowest BCUT2D eigenvalue weighted by Gasteiger charge is -2.21. The number of aromatic nitrogens is 4. The fraction of sp³-hybridized carbons (Fsp3) is 0.100. The molecule has 4 heterocycles. The van der Waals surface area contributed by atoms with Crippen LogP contribution in [0.1, 0.15) is 0 Å². The van der Waals surface area contributed by atoms with Gasteiger partial charge < -0.3 is 18.9 Å². The van der Waals surface area contributed by atoms with E-state index in [1.165, 1.54) is 37.2 Å². The number of imidazole rings is 2. The highest BCUT2D eigenvalue weighted by Gasteiger charge is 2.29. The van der Waals surface area contributed by atoms with Crippen LogP contribution in [0.2, 0.25) is 20.1 Å². The van der Waals surface area contributed by atoms with Gasteiger partial charge >= 0.3 is 0 Å². The predicted octanol–water partition coefficient (Wildman–Crippen LogP) is 9.89. The summed E-state index contributed by atoms with van der Waals surface area (Å²) >= 11 is 29.2. The van der Waals surface area contributed by atoms with E-state index >= 15 is 0 Å². The normalized spacial score (nSPS) is 12.6. The van der Waals surface area contributed by atoms with Crippen LogP contribution in [0.5, 0.6) is 23.0 Å². The second-order valence-electron chi connectivity index (χ2n) is 13.2. The Morgan fingerprint density at radius 1 is 0.426 bits per heavy atom. The van der Waals surface area contributed by atoms with Gasteiger partial charge in [-0.1, -0.05) is 46.4 Å². The highest BCUT2D eigenvalue weighted by molar-refractivity contribution is 6.56. The predicted molar refractivity (Wildman–Crippen MR) is 216 cm³/mol. The molecule has 0 bridgehead atoms. The van der Waals surface area contributed by atoms with E-state index in [2.05, 4.69) is 0 Å². The Morgan fingerprint density at radius 3 is 1.07 bits per heavy atom. The minimum absolute atomic E-state index is 0.269. The molecule has 0 aliphatic rings. The van der Waals surface area contributed by atoms with Crippen LogP contribution in [-0.2, 0) is 0 Å². The van der Waals surface area contributed by atoms with Crippen LogP contribution in [0.4, 0.5) is 0 Å². The average molecular weight is 794 g/mol. The van der Waals surface area contributed by atoms with Crippen molar-refractivity contribution in [3.63, 3.8) is 0 Å². The van der Waals surface area contributed by atoms with Crippen LogP contribution >= 0.6 is 46.4 Å². The molecular formula is C40H20Cl4N4O6. The number of hydrogen-bond donors (Lipinski definition) is 0. The van der Waals surface area contributed by atoms with E-state index in [1.807, 2.05) is 0 Å². The summed E-state index contributed by atoms with van der Waals surface area (Å²) in [4.78, 5) is 38.9. The minimum atomic E-state index is -0.333. The van der Waals surface area contributed by atoms with Crippen molar-refractivity contribution in [1.29, 1.82) is 0 Å². The fourth-order valence-corrected chi connectivity index (χ4v) is 9.82. The summed E-state index contributed by atoms with van der Waals surface area (Å²) in [6.07, 6.45) is 0. The maximum atomic E-state index is 14.5. The van der Waals surface area contributed by atoms with Crippen molar-refractivity contribution in [1.82, 2.24) is 18.8 Å². The monoisotopic (exact) mass is 792 g/mol. The molecule has 54 heavy (non-hydrogen) atoms. The van der Waals surface area contributed by atoms with Gasteiger partial charge in [0.25, 0.3) is 11.1 Å². The number of pyridine rings is 2. The summed E-state index contributed by atoms with van der Waals surface area (Å²) in [5.74, 6) is 1.83. The molecule has 0 fully saturated rings. The van der Waals surface area contributed by atoms with E-state index in [4.69, 9.17) is 75.3 Å². The summed E-state index contributed by atoms with van der Waals surface area (Å²) in [5, 5.41) is 7.84. The summed E-state index contributed by atoms with van der Waals surface area (Å²) in [6.45, 7) is 0. The molecule has 264 valence electrons. The lowest BCUT2D eigenvalue weighted by molar-refractivity contribution is 0.355. The topological polar surface area (TPSA) is 106 Å². The second kappa shape index (κ2) is 10.6. The molecule has 0 atom stereocenters. The third kappa shape index (κ3) is 3.64. The lowest BCUT2D eigenvalue weighted by atomic mass is 9.86. The highest BCUT2D eigenvalue weighted by Crippen LogP contribution is 2.53. The molecule has 4 aromatic heterocycles. The standard InChI is InChI=1S/C40H20Cl4N4O6/c1-51-25-9-21-23(11-27(25)53-3)47-37(45-21)13-5-17(41)31-34-20(44)8-16-30-14(38-46-22-10-26(52-2)28(54-4)12-24(22)48(38)40(16)50)6-18(42)32(36(30)34)33-19(43)7-15(39(47)49)29(13)35(31)33/h5-12H,1-4H3. The van der Waals surface area contributed by atoms with Crippen LogP contribution in [0, 0.1) is 0 Å². The molecule has 7 aromatic carbocycles. The molecule has 0 aliphatic heterocycles. The van der Waals surface area contributed by atoms with Crippen molar-refractivity contribution in [3.05, 3.63) is 89.3 Å². The summed E-state index contributed by atoms with van der Waals surface area (Å²) in [6, 6.07) is 13.8. The Bertz CT molecular complexity index is 3400. The van der Waals surface area contributed by atoms with Gasteiger partial charge in [0.15, 0.2) is 23.0 Å². The van der Waals surface area contributed by atoms with Gasteiger partial charge in [-0.25, -0.2) is 9.97 Å². The van der Waals surface area contributed by atoms with Gasteiger partial charge in [-0.15, -0.1) is 0 Å². The molecule has 11 rings (SSSR count). The van der Waals surface area contributed by atoms with Crippen LogP contribution in [0.15, 0.2) is 58.1 Å². The maximum Gasteiger partial charge on any atom is 0.264 e. The first kappa shape index (κ1) is 32.0. The molecule has 0 aliphatic carbocycles. The molecule has 11 aromatic rings. The SMILES string of the molecule is COc1cc2nc3c4cc(Cl)c5c6c(Cl)cc7c(=O)n8c9cc(OC)c(OC)cc9nc8c8cc(Cl)c(c9c(Cl)cc(c(=O)n3c2cc1OC)c4c95)c6c78. The smallest absolute Gasteiger partial charge is 0.264 e. The van der Waals surface area contributed by atoms with Gasteiger partial charge in [-0.3, -0.25) is 18.4 Å². The second-order valence-corrected chi connectivity index (χ2v) is 14.8. The third-order valence-electron chi connectivity index (χ3n) is 10.8. The number of ether oxygens (including phenoxy) is 4. The van der Waals surface area contributed by atoms with E-state index in [0.29, 0.717) is 131 Å². The number of halogens is 4. The van der Waals surface area contributed by atoms with E-state index in [0.717, 1.165) is 0 Å². The Kier molecular flexibility index (Phi) is 6.26. The Hall–Kier alpha value is -5.52. The molecule has 0 spiro atoms. The van der Waals surface area contributed by atoms with Gasteiger partial charge in [0, 0.05) is 98.2 Å². The van der Waals surface area contributed by atoms with Crippen LogP contribution in [0.3, 0.4) is 0 Å². The first-order valence-electron chi connectivity index (χ1n) is 16.5. The summed E-state index contributed by atoms with van der Waals surface area (Å²) in [7, 11) is 6.13. The van der Waals surface area contributed by atoms with Gasteiger partial charge in [0.1, 0.15) is 11.3 Å². The first-order chi connectivity index (χ1) is 26.1. The summed E-state index contributed by atoms with van der Waals surface area (Å²) < 4.78 is 25.2.